The minimum absolute atomic E-state index is 0.126. The van der Waals surface area contributed by atoms with Crippen LogP contribution in [0.1, 0.15) is 12.8 Å². The van der Waals surface area contributed by atoms with Gasteiger partial charge in [0.1, 0.15) is 0 Å². The van der Waals surface area contributed by atoms with Crippen molar-refractivity contribution in [2.45, 2.75) is 13.5 Å². The molecule has 0 aliphatic rings. The molecule has 0 bridgehead atoms. The Morgan fingerprint density at radius 1 is 1.73 bits per heavy atom. The van der Waals surface area contributed by atoms with Crippen molar-refractivity contribution in [3.8, 4) is 0 Å². The summed E-state index contributed by atoms with van der Waals surface area (Å²) in [7, 11) is 0. The smallest absolute Gasteiger partial charge is 0.284 e. The van der Waals surface area contributed by atoms with E-state index in [0.717, 1.165) is 0 Å². The third-order valence-electron chi connectivity index (χ3n) is 0.931. The summed E-state index contributed by atoms with van der Waals surface area (Å²) in [4.78, 5) is 10.7. The molecule has 1 rings (SSSR count). The Labute approximate surface area is 71.3 Å². The summed E-state index contributed by atoms with van der Waals surface area (Å²) in [6.45, 7) is 1.69. The summed E-state index contributed by atoms with van der Waals surface area (Å²) in [5, 5.41) is 9.67. The van der Waals surface area contributed by atoms with Gasteiger partial charge in [-0.3, -0.25) is 4.79 Å². The van der Waals surface area contributed by atoms with Crippen LogP contribution in [0, 0.1) is 0 Å². The normalized spacial score (nSPS) is 9.64. The minimum Gasteiger partial charge on any atom is -0.414 e. The Morgan fingerprint density at radius 3 is 2.91 bits per heavy atom. The predicted octanol–water partition coefficient (Wildman–Crippen LogP) is 0.468. The van der Waals surface area contributed by atoms with Gasteiger partial charge in [-0.2, -0.15) is 0 Å². The first kappa shape index (κ1) is 8.19. The lowest BCUT2D eigenvalue weighted by atomic mass is 10.6. The van der Waals surface area contributed by atoms with Crippen LogP contribution < -0.4 is 5.32 Å². The number of amides is 1. The number of carbonyl (C=O) groups is 1. The van der Waals surface area contributed by atoms with Gasteiger partial charge in [0, 0.05) is 22.9 Å². The highest BCUT2D eigenvalue weighted by molar-refractivity contribution is 9.10. The summed E-state index contributed by atoms with van der Waals surface area (Å²) < 4.78 is 4.91. The molecule has 1 aromatic rings. The van der Waals surface area contributed by atoms with Crippen molar-refractivity contribution in [3.05, 3.63) is 10.7 Å². The minimum atomic E-state index is -0.126. The molecule has 1 N–H and O–H groups in total. The van der Waals surface area contributed by atoms with E-state index in [-0.39, 0.29) is 12.5 Å². The van der Waals surface area contributed by atoms with Gasteiger partial charge < -0.3 is 9.73 Å². The second-order valence-electron chi connectivity index (χ2n) is 1.86. The highest BCUT2D eigenvalue weighted by Gasteiger charge is 2.02. The van der Waals surface area contributed by atoms with Gasteiger partial charge in [0.05, 0.1) is 6.54 Å². The third kappa shape index (κ3) is 2.67. The molecule has 0 fully saturated rings. The van der Waals surface area contributed by atoms with E-state index < -0.39 is 0 Å². The van der Waals surface area contributed by atoms with E-state index in [1.165, 1.54) is 6.92 Å². The van der Waals surface area contributed by atoms with E-state index in [1.54, 1.807) is 0 Å². The van der Waals surface area contributed by atoms with Crippen LogP contribution in [0.25, 0.3) is 0 Å². The van der Waals surface area contributed by atoms with Gasteiger partial charge in [-0.05, 0) is 0 Å². The van der Waals surface area contributed by atoms with Gasteiger partial charge in [0.15, 0.2) is 0 Å². The molecule has 0 aliphatic carbocycles. The van der Waals surface area contributed by atoms with Crippen molar-refractivity contribution in [1.82, 2.24) is 15.5 Å². The summed E-state index contributed by atoms with van der Waals surface area (Å²) in [5.74, 6) is 0.256. The number of nitrogens with zero attached hydrogens (tertiary/aromatic N) is 2. The molecule has 0 aliphatic heterocycles. The van der Waals surface area contributed by atoms with E-state index >= 15 is 0 Å². The molecule has 1 aromatic heterocycles. The number of hydrogen-bond donors (Lipinski definition) is 1. The summed E-state index contributed by atoms with van der Waals surface area (Å²) in [6, 6.07) is 0. The maximum atomic E-state index is 10.4. The fourth-order valence-electron chi connectivity index (χ4n) is 0.505. The summed E-state index contributed by atoms with van der Waals surface area (Å²) in [5.41, 5.74) is 0. The van der Waals surface area contributed by atoms with Crippen LogP contribution in [-0.2, 0) is 11.3 Å². The first-order valence-electron chi connectivity index (χ1n) is 2.91. The first-order valence-corrected chi connectivity index (χ1v) is 3.70. The van der Waals surface area contributed by atoms with Crippen LogP contribution >= 0.6 is 15.9 Å². The van der Waals surface area contributed by atoms with Crippen LogP contribution in [0.4, 0.5) is 0 Å². The molecule has 5 nitrogen and oxygen atoms in total. The fraction of sp³-hybridized carbons (Fsp3) is 0.400. The van der Waals surface area contributed by atoms with Gasteiger partial charge in [0.25, 0.3) is 4.80 Å². The lowest BCUT2D eigenvalue weighted by Crippen LogP contribution is -2.18. The molecule has 11 heavy (non-hydrogen) atoms. The van der Waals surface area contributed by atoms with Crippen LogP contribution in [0.5, 0.6) is 0 Å². The molecular weight excluding hydrogens is 214 g/mol. The molecule has 6 heteroatoms. The Kier molecular flexibility index (Phi) is 2.58. The molecule has 1 heterocycles. The second-order valence-corrected chi connectivity index (χ2v) is 2.54. The lowest BCUT2D eigenvalue weighted by molar-refractivity contribution is -0.119. The predicted molar refractivity (Wildman–Crippen MR) is 39.5 cm³/mol. The average molecular weight is 220 g/mol. The molecule has 0 spiro atoms. The highest BCUT2D eigenvalue weighted by atomic mass is 79.9. The van der Waals surface area contributed by atoms with Crippen molar-refractivity contribution in [2.24, 2.45) is 0 Å². The largest absolute Gasteiger partial charge is 0.414 e. The maximum Gasteiger partial charge on any atom is 0.284 e. The third-order valence-corrected chi connectivity index (χ3v) is 1.25. The van der Waals surface area contributed by atoms with Gasteiger partial charge in [-0.1, -0.05) is 0 Å². The standard InChI is InChI=1S/C5H6BrN3O2/c1-3(10)7-2-4-8-9-5(6)11-4/h2H2,1H3,(H,7,10). The molecule has 0 radical (unpaired) electrons. The number of nitrogens with one attached hydrogen (secondary N) is 1. The Hall–Kier alpha value is -0.910. The van der Waals surface area contributed by atoms with Crippen molar-refractivity contribution >= 4 is 21.8 Å². The SMILES string of the molecule is CC(=O)NCc1nnc(Br)o1. The van der Waals surface area contributed by atoms with Gasteiger partial charge in [0.2, 0.25) is 11.8 Å². The Balaban J connectivity index is 2.45. The van der Waals surface area contributed by atoms with Crippen LogP contribution in [0.15, 0.2) is 9.22 Å². The van der Waals surface area contributed by atoms with E-state index in [2.05, 4.69) is 31.4 Å². The summed E-state index contributed by atoms with van der Waals surface area (Å²) in [6.07, 6.45) is 0. The zero-order valence-electron chi connectivity index (χ0n) is 5.80. The maximum absolute atomic E-state index is 10.4. The number of carbonyl (C=O) groups excluding carboxylic acids is 1. The van der Waals surface area contributed by atoms with Gasteiger partial charge in [-0.25, -0.2) is 0 Å². The Bertz CT molecular complexity index is 260. The monoisotopic (exact) mass is 219 g/mol. The average Bonchev–Trinajstić information content (AvgIpc) is 2.31. The molecule has 0 aromatic carbocycles. The fourth-order valence-corrected chi connectivity index (χ4v) is 0.771. The van der Waals surface area contributed by atoms with E-state index in [1.807, 2.05) is 0 Å². The number of aromatic nitrogens is 2. The molecule has 0 saturated carbocycles. The highest BCUT2D eigenvalue weighted by Crippen LogP contribution is 2.05. The first-order chi connectivity index (χ1) is 5.18. The van der Waals surface area contributed by atoms with E-state index in [9.17, 15) is 4.79 Å². The molecule has 1 amide bonds. The zero-order valence-corrected chi connectivity index (χ0v) is 7.38. The van der Waals surface area contributed by atoms with Crippen LogP contribution in [0.2, 0.25) is 0 Å². The number of rotatable bonds is 2. The van der Waals surface area contributed by atoms with Gasteiger partial charge in [-0.15, -0.1) is 10.2 Å². The second kappa shape index (κ2) is 3.47. The van der Waals surface area contributed by atoms with E-state index in [0.29, 0.717) is 10.7 Å². The number of halogens is 1. The molecular formula is C5H6BrN3O2. The zero-order chi connectivity index (χ0) is 8.27. The van der Waals surface area contributed by atoms with Crippen LogP contribution in [0.3, 0.4) is 0 Å². The lowest BCUT2D eigenvalue weighted by Gasteiger charge is -1.93. The van der Waals surface area contributed by atoms with Crippen molar-refractivity contribution in [1.29, 1.82) is 0 Å². The van der Waals surface area contributed by atoms with Crippen molar-refractivity contribution in [2.75, 3.05) is 0 Å². The number of hydrogen-bond acceptors (Lipinski definition) is 4. The Morgan fingerprint density at radius 2 is 2.45 bits per heavy atom. The van der Waals surface area contributed by atoms with E-state index in [4.69, 9.17) is 4.42 Å². The quantitative estimate of drug-likeness (QED) is 0.786. The topological polar surface area (TPSA) is 68.0 Å². The van der Waals surface area contributed by atoms with Crippen molar-refractivity contribution in [3.63, 3.8) is 0 Å². The molecule has 0 saturated heterocycles. The van der Waals surface area contributed by atoms with Crippen LogP contribution in [-0.4, -0.2) is 16.1 Å². The molecule has 60 valence electrons. The van der Waals surface area contributed by atoms with Crippen molar-refractivity contribution < 1.29 is 9.21 Å². The summed E-state index contributed by atoms with van der Waals surface area (Å²) >= 11 is 2.99. The molecule has 0 atom stereocenters. The van der Waals surface area contributed by atoms with Gasteiger partial charge >= 0.3 is 0 Å². The molecule has 0 unspecified atom stereocenters.